The van der Waals surface area contributed by atoms with Gasteiger partial charge in [0.1, 0.15) is 16.5 Å². The van der Waals surface area contributed by atoms with E-state index in [0.29, 0.717) is 0 Å². The summed E-state index contributed by atoms with van der Waals surface area (Å²) in [5, 5.41) is 9.45. The highest BCUT2D eigenvalue weighted by Gasteiger charge is 2.22. The Morgan fingerprint density at radius 1 is 0.595 bits per heavy atom. The van der Waals surface area contributed by atoms with Gasteiger partial charge in [0.2, 0.25) is 0 Å². The molecule has 1 aliphatic rings. The number of rotatable bonds is 3. The Balaban J connectivity index is 1.16. The number of furan rings is 1. The summed E-state index contributed by atoms with van der Waals surface area (Å²) in [6, 6.07) is 47.2. The lowest BCUT2D eigenvalue weighted by Gasteiger charge is -2.13. The van der Waals surface area contributed by atoms with Gasteiger partial charge in [-0.05, 0) is 53.1 Å². The number of pyridine rings is 1. The van der Waals surface area contributed by atoms with Gasteiger partial charge in [-0.25, -0.2) is 4.98 Å². The number of fused-ring (bicyclic) bond motifs is 8. The molecule has 9 rings (SSSR count). The summed E-state index contributed by atoms with van der Waals surface area (Å²) in [5.41, 5.74) is 9.68. The lowest BCUT2D eigenvalue weighted by atomic mass is 9.95. The van der Waals surface area contributed by atoms with Crippen molar-refractivity contribution in [2.24, 2.45) is 0 Å². The number of nitrogens with zero attached hydrogens (tertiary/aromatic N) is 1. The molecule has 2 aromatic heterocycles. The minimum Gasteiger partial charge on any atom is -0.455 e. The summed E-state index contributed by atoms with van der Waals surface area (Å²) in [5.74, 6) is 0. The van der Waals surface area contributed by atoms with Gasteiger partial charge >= 0.3 is 0 Å². The predicted octanol–water partition coefficient (Wildman–Crippen LogP) is 10.8. The van der Waals surface area contributed by atoms with Gasteiger partial charge in [0.05, 0.1) is 11.2 Å². The van der Waals surface area contributed by atoms with Crippen LogP contribution in [-0.2, 0) is 0 Å². The molecule has 0 aliphatic carbocycles. The number of anilines is 1. The molecule has 3 nitrogen and oxygen atoms in total. The maximum Gasteiger partial charge on any atom is 0.144 e. The van der Waals surface area contributed by atoms with Gasteiger partial charge in [-0.3, -0.25) is 0 Å². The van der Waals surface area contributed by atoms with Gasteiger partial charge in [0.15, 0.2) is 0 Å². The second-order valence-corrected chi connectivity index (χ2v) is 11.9. The summed E-state index contributed by atoms with van der Waals surface area (Å²) < 4.78 is 6.50. The second-order valence-electron chi connectivity index (χ2n) is 10.8. The number of hydrogen-bond acceptors (Lipinski definition) is 4. The molecule has 0 saturated heterocycles. The first-order valence-electron chi connectivity index (χ1n) is 14.2. The van der Waals surface area contributed by atoms with Gasteiger partial charge in [0, 0.05) is 43.1 Å². The first-order chi connectivity index (χ1) is 20.8. The van der Waals surface area contributed by atoms with Crippen LogP contribution >= 0.6 is 11.8 Å². The fourth-order valence-corrected chi connectivity index (χ4v) is 7.42. The summed E-state index contributed by atoms with van der Waals surface area (Å²) in [6.45, 7) is 0. The molecule has 1 aliphatic heterocycles. The molecule has 0 bridgehead atoms. The van der Waals surface area contributed by atoms with Crippen LogP contribution in [0.25, 0.3) is 66.0 Å². The molecule has 1 N–H and O–H groups in total. The van der Waals surface area contributed by atoms with E-state index in [0.717, 1.165) is 54.9 Å². The maximum absolute atomic E-state index is 6.50. The molecule has 42 heavy (non-hydrogen) atoms. The fourth-order valence-electron chi connectivity index (χ4n) is 6.27. The highest BCUT2D eigenvalue weighted by molar-refractivity contribution is 8.00. The topological polar surface area (TPSA) is 38.1 Å². The van der Waals surface area contributed by atoms with Crippen LogP contribution in [0.15, 0.2) is 143 Å². The lowest BCUT2D eigenvalue weighted by Crippen LogP contribution is -2.00. The quantitative estimate of drug-likeness (QED) is 0.220. The van der Waals surface area contributed by atoms with Crippen molar-refractivity contribution in [2.45, 2.75) is 10.3 Å². The summed E-state index contributed by atoms with van der Waals surface area (Å²) in [7, 11) is 0. The zero-order chi connectivity index (χ0) is 27.6. The van der Waals surface area contributed by atoms with Crippen LogP contribution in [0.5, 0.6) is 0 Å². The molecule has 1 atom stereocenters. The van der Waals surface area contributed by atoms with Crippen LogP contribution in [-0.4, -0.2) is 4.98 Å². The van der Waals surface area contributed by atoms with E-state index in [9.17, 15) is 0 Å². The monoisotopic (exact) mass is 556 g/mol. The number of benzene rings is 6. The molecule has 4 heteroatoms. The van der Waals surface area contributed by atoms with Gasteiger partial charge in [-0.1, -0.05) is 109 Å². The number of hydrogen-bond donors (Lipinski definition) is 1. The second kappa shape index (κ2) is 9.23. The van der Waals surface area contributed by atoms with Crippen molar-refractivity contribution in [2.75, 3.05) is 5.32 Å². The third kappa shape index (κ3) is 3.65. The van der Waals surface area contributed by atoms with Gasteiger partial charge < -0.3 is 9.73 Å². The predicted molar refractivity (Wildman–Crippen MR) is 176 cm³/mol. The van der Waals surface area contributed by atoms with Crippen LogP contribution in [0.4, 0.5) is 5.69 Å². The van der Waals surface area contributed by atoms with Crippen molar-refractivity contribution in [3.05, 3.63) is 139 Å². The average molecular weight is 557 g/mol. The highest BCUT2D eigenvalue weighted by Crippen LogP contribution is 2.46. The van der Waals surface area contributed by atoms with Crippen molar-refractivity contribution in [3.8, 4) is 22.4 Å². The summed E-state index contributed by atoms with van der Waals surface area (Å²) >= 11 is 1.87. The van der Waals surface area contributed by atoms with Crippen LogP contribution in [0.3, 0.4) is 0 Å². The van der Waals surface area contributed by atoms with Crippen LogP contribution in [0, 0.1) is 0 Å². The van der Waals surface area contributed by atoms with Gasteiger partial charge in [-0.15, -0.1) is 0 Å². The number of nitrogens with one attached hydrogen (secondary N) is 1. The molecule has 0 fully saturated rings. The smallest absolute Gasteiger partial charge is 0.144 e. The molecule has 0 radical (unpaired) electrons. The zero-order valence-corrected chi connectivity index (χ0v) is 23.4. The molecule has 6 aromatic carbocycles. The number of thioether (sulfide) groups is 1. The van der Waals surface area contributed by atoms with E-state index in [2.05, 4.69) is 127 Å². The third-order valence-electron chi connectivity index (χ3n) is 8.31. The first kappa shape index (κ1) is 23.6. The van der Waals surface area contributed by atoms with E-state index in [1.54, 1.807) is 0 Å². The Bertz CT molecular complexity index is 2290. The van der Waals surface area contributed by atoms with E-state index in [4.69, 9.17) is 9.40 Å². The zero-order valence-electron chi connectivity index (χ0n) is 22.5. The maximum atomic E-state index is 6.50. The third-order valence-corrected chi connectivity index (χ3v) is 9.54. The highest BCUT2D eigenvalue weighted by atomic mass is 32.2. The van der Waals surface area contributed by atoms with Crippen molar-refractivity contribution in [1.82, 2.24) is 4.98 Å². The molecule has 0 saturated carbocycles. The standard InChI is InChI=1S/C38H24N2OS/c1-3-12-31-29(11-1)35-30(21-20-28-27-10-2-5-14-33(27)41-37(28)35)36(39-31)26-9-7-8-25(22-26)23-16-18-24(19-17-23)38-40-32-13-4-6-15-34(32)42-38/h1-22,38,40H. The normalized spacial score (nSPS) is 14.5. The van der Waals surface area contributed by atoms with E-state index in [1.807, 2.05) is 23.9 Å². The minimum atomic E-state index is 0.228. The van der Waals surface area contributed by atoms with Crippen LogP contribution < -0.4 is 5.32 Å². The molecule has 1 unspecified atom stereocenters. The lowest BCUT2D eigenvalue weighted by molar-refractivity contribution is 0.673. The molecule has 0 spiro atoms. The van der Waals surface area contributed by atoms with Gasteiger partial charge in [-0.2, -0.15) is 0 Å². The Morgan fingerprint density at radius 2 is 1.36 bits per heavy atom. The van der Waals surface area contributed by atoms with E-state index >= 15 is 0 Å². The van der Waals surface area contributed by atoms with Crippen LogP contribution in [0.1, 0.15) is 10.9 Å². The number of aromatic nitrogens is 1. The van der Waals surface area contributed by atoms with Crippen molar-refractivity contribution >= 4 is 61.1 Å². The van der Waals surface area contributed by atoms with E-state index in [-0.39, 0.29) is 5.37 Å². The Labute approximate surface area is 246 Å². The largest absolute Gasteiger partial charge is 0.455 e. The van der Waals surface area contributed by atoms with E-state index < -0.39 is 0 Å². The molecule has 0 amide bonds. The van der Waals surface area contributed by atoms with Gasteiger partial charge in [0.25, 0.3) is 0 Å². The summed E-state index contributed by atoms with van der Waals surface area (Å²) in [6.07, 6.45) is 0. The SMILES string of the molecule is c1cc(-c2ccc(C3Nc4ccccc4S3)cc2)cc(-c2nc3ccccc3c3c2ccc2c4ccccc4oc23)c1. The molecular weight excluding hydrogens is 532 g/mol. The molecule has 198 valence electrons. The minimum absolute atomic E-state index is 0.228. The summed E-state index contributed by atoms with van der Waals surface area (Å²) in [4.78, 5) is 6.50. The Hall–Kier alpha value is -5.06. The molecular formula is C38H24N2OS. The Morgan fingerprint density at radius 3 is 2.26 bits per heavy atom. The van der Waals surface area contributed by atoms with Crippen molar-refractivity contribution in [1.29, 1.82) is 0 Å². The van der Waals surface area contributed by atoms with Crippen molar-refractivity contribution in [3.63, 3.8) is 0 Å². The van der Waals surface area contributed by atoms with E-state index in [1.165, 1.54) is 27.3 Å². The average Bonchev–Trinajstić information content (AvgIpc) is 3.66. The van der Waals surface area contributed by atoms with Crippen LogP contribution in [0.2, 0.25) is 0 Å². The Kier molecular flexibility index (Phi) is 5.19. The fraction of sp³-hybridized carbons (Fsp3) is 0.0263. The first-order valence-corrected chi connectivity index (χ1v) is 15.0. The van der Waals surface area contributed by atoms with Crippen molar-refractivity contribution < 1.29 is 4.42 Å². The molecule has 3 heterocycles. The number of para-hydroxylation sites is 3. The molecule has 8 aromatic rings.